The first-order valence-corrected chi connectivity index (χ1v) is 6.43. The van der Waals surface area contributed by atoms with E-state index in [-0.39, 0.29) is 0 Å². The number of quaternary nitrogens is 2. The normalized spacial score (nSPS) is 37.6. The van der Waals surface area contributed by atoms with Crippen LogP contribution in [0.4, 0.5) is 0 Å². The highest BCUT2D eigenvalue weighted by molar-refractivity contribution is 5.13. The third-order valence-corrected chi connectivity index (χ3v) is 4.70. The van der Waals surface area contributed by atoms with Crippen LogP contribution in [0.15, 0.2) is 30.3 Å². The second kappa shape index (κ2) is 3.57. The maximum atomic E-state index is 2.43. The van der Waals surface area contributed by atoms with Crippen molar-refractivity contribution in [2.45, 2.75) is 6.54 Å². The second-order valence-corrected chi connectivity index (χ2v) is 5.95. The summed E-state index contributed by atoms with van der Waals surface area (Å²) in [6.45, 7) is 9.54. The lowest BCUT2D eigenvalue weighted by atomic mass is 10.1. The zero-order valence-corrected chi connectivity index (χ0v) is 10.2. The molecule has 0 radical (unpaired) electrons. The number of piperazine rings is 3. The van der Waals surface area contributed by atoms with Crippen molar-refractivity contribution in [2.24, 2.45) is 0 Å². The van der Waals surface area contributed by atoms with Gasteiger partial charge in [-0.1, -0.05) is 30.3 Å². The minimum Gasteiger partial charge on any atom is -0.312 e. The molecule has 0 spiro atoms. The summed E-state index contributed by atoms with van der Waals surface area (Å²) in [7, 11) is 2.43. The zero-order chi connectivity index (χ0) is 11.1. The highest BCUT2D eigenvalue weighted by Crippen LogP contribution is 2.27. The maximum Gasteiger partial charge on any atom is 0.129 e. The molecular formula is C14H22N2+2. The molecule has 3 heterocycles. The van der Waals surface area contributed by atoms with Crippen LogP contribution in [0.25, 0.3) is 0 Å². The average Bonchev–Trinajstić information content (AvgIpc) is 2.33. The first-order valence-electron chi connectivity index (χ1n) is 6.43. The quantitative estimate of drug-likeness (QED) is 0.660. The Hall–Kier alpha value is -0.860. The summed E-state index contributed by atoms with van der Waals surface area (Å²) in [5, 5.41) is 0. The Bertz CT molecular complexity index is 347. The minimum atomic E-state index is 1.25. The summed E-state index contributed by atoms with van der Waals surface area (Å²) < 4.78 is 2.67. The highest BCUT2D eigenvalue weighted by Gasteiger charge is 2.46. The van der Waals surface area contributed by atoms with Crippen LogP contribution in [0.2, 0.25) is 0 Å². The lowest BCUT2D eigenvalue weighted by molar-refractivity contribution is -1.08. The van der Waals surface area contributed by atoms with Crippen LogP contribution in [-0.4, -0.2) is 55.3 Å². The Kier molecular flexibility index (Phi) is 2.30. The maximum absolute atomic E-state index is 2.43. The molecule has 3 saturated heterocycles. The van der Waals surface area contributed by atoms with Crippen molar-refractivity contribution < 1.29 is 8.97 Å². The first-order chi connectivity index (χ1) is 7.70. The Morgan fingerprint density at radius 2 is 1.44 bits per heavy atom. The predicted octanol–water partition coefficient (Wildman–Crippen LogP) is 1.48. The topological polar surface area (TPSA) is 0 Å². The van der Waals surface area contributed by atoms with Crippen molar-refractivity contribution in [3.8, 4) is 0 Å². The Balaban J connectivity index is 1.76. The molecule has 1 aromatic carbocycles. The van der Waals surface area contributed by atoms with Crippen LogP contribution in [-0.2, 0) is 6.54 Å². The molecule has 0 amide bonds. The lowest BCUT2D eigenvalue weighted by Gasteiger charge is -2.54. The van der Waals surface area contributed by atoms with Gasteiger partial charge >= 0.3 is 0 Å². The molecule has 86 valence electrons. The van der Waals surface area contributed by atoms with Crippen molar-refractivity contribution in [3.63, 3.8) is 0 Å². The Labute approximate surface area is 98.3 Å². The molecule has 1 aromatic rings. The molecule has 3 fully saturated rings. The molecule has 4 rings (SSSR count). The number of benzene rings is 1. The summed E-state index contributed by atoms with van der Waals surface area (Å²) >= 11 is 0. The van der Waals surface area contributed by atoms with Crippen LogP contribution in [0, 0.1) is 0 Å². The van der Waals surface area contributed by atoms with Gasteiger partial charge in [0.25, 0.3) is 0 Å². The van der Waals surface area contributed by atoms with Crippen LogP contribution >= 0.6 is 0 Å². The van der Waals surface area contributed by atoms with Gasteiger partial charge < -0.3 is 8.97 Å². The number of hydrogen-bond acceptors (Lipinski definition) is 0. The van der Waals surface area contributed by atoms with Crippen molar-refractivity contribution in [2.75, 3.05) is 46.3 Å². The van der Waals surface area contributed by atoms with Gasteiger partial charge in [-0.3, -0.25) is 0 Å². The fraction of sp³-hybridized carbons (Fsp3) is 0.571. The van der Waals surface area contributed by atoms with E-state index in [0.29, 0.717) is 0 Å². The van der Waals surface area contributed by atoms with Crippen LogP contribution < -0.4 is 0 Å². The standard InChI is InChI=1S/C14H22N2/c1-15-7-10-16(11-8-15,12-9-15)13-14-5-3-2-4-6-14/h2-6H,7-13H2,1H3/q+2. The summed E-state index contributed by atoms with van der Waals surface area (Å²) in [4.78, 5) is 0. The van der Waals surface area contributed by atoms with Crippen molar-refractivity contribution >= 4 is 0 Å². The molecule has 0 saturated carbocycles. The average molecular weight is 218 g/mol. The van der Waals surface area contributed by atoms with Crippen LogP contribution in [0.3, 0.4) is 0 Å². The summed E-state index contributed by atoms with van der Waals surface area (Å²) in [6, 6.07) is 11.0. The van der Waals surface area contributed by atoms with E-state index in [1.165, 1.54) is 60.3 Å². The fourth-order valence-electron chi connectivity index (χ4n) is 3.24. The highest BCUT2D eigenvalue weighted by atomic mass is 15.5. The molecule has 0 N–H and O–H groups in total. The number of hydrogen-bond donors (Lipinski definition) is 0. The molecule has 3 aliphatic rings. The summed E-state index contributed by atoms with van der Waals surface area (Å²) in [5.41, 5.74) is 1.51. The largest absolute Gasteiger partial charge is 0.312 e. The van der Waals surface area contributed by atoms with Gasteiger partial charge in [-0.2, -0.15) is 0 Å². The first kappa shape index (κ1) is 10.3. The van der Waals surface area contributed by atoms with E-state index in [1.54, 1.807) is 0 Å². The van der Waals surface area contributed by atoms with E-state index in [1.807, 2.05) is 0 Å². The third-order valence-electron chi connectivity index (χ3n) is 4.70. The fourth-order valence-corrected chi connectivity index (χ4v) is 3.24. The van der Waals surface area contributed by atoms with E-state index in [9.17, 15) is 0 Å². The SMILES string of the molecule is C[N+]12CC[N+](Cc3ccccc3)(CC1)CC2. The molecule has 2 nitrogen and oxygen atoms in total. The van der Waals surface area contributed by atoms with Crippen LogP contribution in [0.5, 0.6) is 0 Å². The molecule has 0 aromatic heterocycles. The molecule has 16 heavy (non-hydrogen) atoms. The smallest absolute Gasteiger partial charge is 0.129 e. The second-order valence-electron chi connectivity index (χ2n) is 5.95. The zero-order valence-electron chi connectivity index (χ0n) is 10.2. The number of likely N-dealkylation sites (N-methyl/N-ethyl adjacent to an activating group) is 1. The Morgan fingerprint density at radius 3 is 2.00 bits per heavy atom. The molecule has 0 aliphatic carbocycles. The van der Waals surface area contributed by atoms with E-state index in [2.05, 4.69) is 37.4 Å². The van der Waals surface area contributed by atoms with Crippen molar-refractivity contribution in [3.05, 3.63) is 35.9 Å². The van der Waals surface area contributed by atoms with Gasteiger partial charge in [0.15, 0.2) is 0 Å². The van der Waals surface area contributed by atoms with Gasteiger partial charge in [-0.15, -0.1) is 0 Å². The van der Waals surface area contributed by atoms with Gasteiger partial charge in [-0.25, -0.2) is 0 Å². The third kappa shape index (κ3) is 1.76. The number of rotatable bonds is 2. The minimum absolute atomic E-state index is 1.25. The molecule has 0 unspecified atom stereocenters. The van der Waals surface area contributed by atoms with E-state index in [4.69, 9.17) is 0 Å². The van der Waals surface area contributed by atoms with Crippen LogP contribution in [0.1, 0.15) is 5.56 Å². The molecular weight excluding hydrogens is 196 g/mol. The van der Waals surface area contributed by atoms with Gasteiger partial charge in [0.1, 0.15) is 45.8 Å². The predicted molar refractivity (Wildman–Crippen MR) is 65.8 cm³/mol. The van der Waals surface area contributed by atoms with Crippen molar-refractivity contribution in [1.29, 1.82) is 0 Å². The van der Waals surface area contributed by atoms with E-state index >= 15 is 0 Å². The van der Waals surface area contributed by atoms with Gasteiger partial charge in [-0.05, 0) is 0 Å². The Morgan fingerprint density at radius 1 is 0.875 bits per heavy atom. The van der Waals surface area contributed by atoms with Gasteiger partial charge in [0.05, 0.1) is 7.05 Å². The van der Waals surface area contributed by atoms with Gasteiger partial charge in [0, 0.05) is 5.56 Å². The van der Waals surface area contributed by atoms with Gasteiger partial charge in [0.2, 0.25) is 0 Å². The lowest BCUT2D eigenvalue weighted by Crippen LogP contribution is -2.73. The van der Waals surface area contributed by atoms with Crippen molar-refractivity contribution in [1.82, 2.24) is 0 Å². The van der Waals surface area contributed by atoms with E-state index in [0.717, 1.165) is 0 Å². The molecule has 0 atom stereocenters. The monoisotopic (exact) mass is 218 g/mol. The molecule has 3 aliphatic heterocycles. The summed E-state index contributed by atoms with van der Waals surface area (Å²) in [6.07, 6.45) is 0. The van der Waals surface area contributed by atoms with E-state index < -0.39 is 0 Å². The summed E-state index contributed by atoms with van der Waals surface area (Å²) in [5.74, 6) is 0. The number of nitrogens with zero attached hydrogens (tertiary/aromatic N) is 2. The molecule has 2 bridgehead atoms. The number of fused-ring (bicyclic) bond motifs is 3. The molecule has 2 heteroatoms.